The summed E-state index contributed by atoms with van der Waals surface area (Å²) >= 11 is 0. The van der Waals surface area contributed by atoms with Crippen LogP contribution in [0.25, 0.3) is 0 Å². The fourth-order valence-electron chi connectivity index (χ4n) is 1.98. The van der Waals surface area contributed by atoms with Crippen LogP contribution in [0.4, 0.5) is 0 Å². The molecule has 0 aliphatic heterocycles. The van der Waals surface area contributed by atoms with Gasteiger partial charge in [0.15, 0.2) is 0 Å². The average Bonchev–Trinajstić information content (AvgIpc) is 2.88. The van der Waals surface area contributed by atoms with Crippen LogP contribution in [0.2, 0.25) is 0 Å². The molecule has 1 unspecified atom stereocenters. The second-order valence-electron chi connectivity index (χ2n) is 4.99. The van der Waals surface area contributed by atoms with Crippen molar-refractivity contribution in [3.63, 3.8) is 0 Å². The van der Waals surface area contributed by atoms with Gasteiger partial charge in [0.1, 0.15) is 0 Å². The van der Waals surface area contributed by atoms with Gasteiger partial charge >= 0.3 is 0 Å². The maximum Gasteiger partial charge on any atom is 0.0352 e. The molecular weight excluding hydrogens is 170 g/mol. The number of hydrogen-bond donors (Lipinski definition) is 1. The van der Waals surface area contributed by atoms with Gasteiger partial charge in [-0.15, -0.1) is 0 Å². The highest BCUT2D eigenvalue weighted by molar-refractivity contribution is 5.34. The van der Waals surface area contributed by atoms with Crippen molar-refractivity contribution in [1.82, 2.24) is 0 Å². The molecule has 76 valence electrons. The van der Waals surface area contributed by atoms with E-state index in [-0.39, 0.29) is 6.04 Å². The lowest BCUT2D eigenvalue weighted by Crippen LogP contribution is -2.21. The third-order valence-electron chi connectivity index (χ3n) is 3.56. The summed E-state index contributed by atoms with van der Waals surface area (Å²) < 4.78 is 0. The molecule has 1 nitrogen and oxygen atoms in total. The lowest BCUT2D eigenvalue weighted by molar-refractivity contribution is 0.449. The molecular formula is C13H19N. The van der Waals surface area contributed by atoms with E-state index in [9.17, 15) is 0 Å². The average molecular weight is 189 g/mol. The molecule has 2 rings (SSSR count). The Labute approximate surface area is 86.3 Å². The van der Waals surface area contributed by atoms with Crippen LogP contribution in [0, 0.1) is 19.3 Å². The number of rotatable bonds is 2. The molecule has 2 N–H and O–H groups in total. The quantitative estimate of drug-likeness (QED) is 0.760. The van der Waals surface area contributed by atoms with Crippen LogP contribution >= 0.6 is 0 Å². The Morgan fingerprint density at radius 2 is 1.93 bits per heavy atom. The maximum absolute atomic E-state index is 6.30. The summed E-state index contributed by atoms with van der Waals surface area (Å²) in [6.45, 7) is 6.57. The van der Waals surface area contributed by atoms with E-state index in [4.69, 9.17) is 5.73 Å². The molecule has 1 aliphatic rings. The molecule has 0 bridgehead atoms. The molecule has 1 heteroatoms. The zero-order valence-electron chi connectivity index (χ0n) is 9.30. The summed E-state index contributed by atoms with van der Waals surface area (Å²) in [6.07, 6.45) is 2.56. The van der Waals surface area contributed by atoms with Crippen LogP contribution in [-0.4, -0.2) is 0 Å². The zero-order valence-corrected chi connectivity index (χ0v) is 9.30. The minimum Gasteiger partial charge on any atom is -0.323 e. The van der Waals surface area contributed by atoms with Gasteiger partial charge in [-0.05, 0) is 43.2 Å². The van der Waals surface area contributed by atoms with Crippen LogP contribution < -0.4 is 5.73 Å². The zero-order chi connectivity index (χ0) is 10.3. The van der Waals surface area contributed by atoms with Crippen molar-refractivity contribution in [2.45, 2.75) is 39.7 Å². The topological polar surface area (TPSA) is 26.0 Å². The first-order valence-electron chi connectivity index (χ1n) is 5.36. The first-order valence-corrected chi connectivity index (χ1v) is 5.36. The standard InChI is InChI=1S/C13H19N/c1-9-4-5-10(2)11(8-9)12(14)13(3)6-7-13/h4-5,8,12H,6-7,14H2,1-3H3. The van der Waals surface area contributed by atoms with E-state index >= 15 is 0 Å². The lowest BCUT2D eigenvalue weighted by atomic mass is 9.89. The first kappa shape index (κ1) is 9.72. The molecule has 1 atom stereocenters. The summed E-state index contributed by atoms with van der Waals surface area (Å²) in [5.41, 5.74) is 10.7. The summed E-state index contributed by atoms with van der Waals surface area (Å²) in [5.74, 6) is 0. The third kappa shape index (κ3) is 1.57. The summed E-state index contributed by atoms with van der Waals surface area (Å²) in [6, 6.07) is 6.79. The summed E-state index contributed by atoms with van der Waals surface area (Å²) in [4.78, 5) is 0. The predicted octanol–water partition coefficient (Wildman–Crippen LogP) is 3.10. The minimum absolute atomic E-state index is 0.224. The molecule has 0 spiro atoms. The fraction of sp³-hybridized carbons (Fsp3) is 0.538. The molecule has 1 saturated carbocycles. The molecule has 1 fully saturated rings. The van der Waals surface area contributed by atoms with Gasteiger partial charge in [0, 0.05) is 6.04 Å². The number of hydrogen-bond acceptors (Lipinski definition) is 1. The Hall–Kier alpha value is -0.820. The van der Waals surface area contributed by atoms with E-state index in [1.807, 2.05) is 0 Å². The van der Waals surface area contributed by atoms with Crippen LogP contribution in [0.15, 0.2) is 18.2 Å². The largest absolute Gasteiger partial charge is 0.323 e. The van der Waals surface area contributed by atoms with Gasteiger partial charge in [-0.1, -0.05) is 30.7 Å². The van der Waals surface area contributed by atoms with Gasteiger partial charge in [-0.25, -0.2) is 0 Å². The van der Waals surface area contributed by atoms with Gasteiger partial charge in [0.05, 0.1) is 0 Å². The molecule has 0 amide bonds. The highest BCUT2D eigenvalue weighted by Gasteiger charge is 2.43. The van der Waals surface area contributed by atoms with Crippen molar-refractivity contribution < 1.29 is 0 Å². The van der Waals surface area contributed by atoms with Crippen molar-refractivity contribution in [2.24, 2.45) is 11.1 Å². The molecule has 1 aromatic rings. The summed E-state index contributed by atoms with van der Waals surface area (Å²) in [7, 11) is 0. The molecule has 1 aliphatic carbocycles. The first-order chi connectivity index (χ1) is 6.53. The SMILES string of the molecule is Cc1ccc(C)c(C(N)C2(C)CC2)c1. The molecule has 0 aromatic heterocycles. The minimum atomic E-state index is 0.224. The van der Waals surface area contributed by atoms with E-state index in [0.29, 0.717) is 5.41 Å². The van der Waals surface area contributed by atoms with E-state index in [1.54, 1.807) is 0 Å². The second kappa shape index (κ2) is 3.09. The second-order valence-corrected chi connectivity index (χ2v) is 4.99. The van der Waals surface area contributed by atoms with Crippen LogP contribution in [-0.2, 0) is 0 Å². The van der Waals surface area contributed by atoms with Crippen molar-refractivity contribution >= 4 is 0 Å². The van der Waals surface area contributed by atoms with Crippen molar-refractivity contribution in [1.29, 1.82) is 0 Å². The van der Waals surface area contributed by atoms with Crippen molar-refractivity contribution in [3.05, 3.63) is 34.9 Å². The lowest BCUT2D eigenvalue weighted by Gasteiger charge is -2.21. The third-order valence-corrected chi connectivity index (χ3v) is 3.56. The van der Waals surface area contributed by atoms with E-state index in [1.165, 1.54) is 29.5 Å². The van der Waals surface area contributed by atoms with Crippen LogP contribution in [0.1, 0.15) is 42.5 Å². The molecule has 14 heavy (non-hydrogen) atoms. The normalized spacial score (nSPS) is 20.6. The monoisotopic (exact) mass is 189 g/mol. The Kier molecular flexibility index (Phi) is 2.15. The van der Waals surface area contributed by atoms with Gasteiger partial charge in [0.2, 0.25) is 0 Å². The predicted molar refractivity (Wildman–Crippen MR) is 60.2 cm³/mol. The van der Waals surface area contributed by atoms with Crippen LogP contribution in [0.5, 0.6) is 0 Å². The molecule has 0 radical (unpaired) electrons. The Morgan fingerprint density at radius 1 is 1.29 bits per heavy atom. The van der Waals surface area contributed by atoms with E-state index in [0.717, 1.165) is 0 Å². The number of nitrogens with two attached hydrogens (primary N) is 1. The Morgan fingerprint density at radius 3 is 2.50 bits per heavy atom. The highest BCUT2D eigenvalue weighted by atomic mass is 14.7. The molecule has 0 saturated heterocycles. The molecule has 0 heterocycles. The Bertz CT molecular complexity index is 350. The number of benzene rings is 1. The van der Waals surface area contributed by atoms with Crippen LogP contribution in [0.3, 0.4) is 0 Å². The van der Waals surface area contributed by atoms with Gasteiger partial charge < -0.3 is 5.73 Å². The molecule has 1 aromatic carbocycles. The van der Waals surface area contributed by atoms with E-state index in [2.05, 4.69) is 39.0 Å². The van der Waals surface area contributed by atoms with Gasteiger partial charge in [0.25, 0.3) is 0 Å². The highest BCUT2D eigenvalue weighted by Crippen LogP contribution is 2.53. The summed E-state index contributed by atoms with van der Waals surface area (Å²) in [5, 5.41) is 0. The van der Waals surface area contributed by atoms with Gasteiger partial charge in [-0.2, -0.15) is 0 Å². The fourth-order valence-corrected chi connectivity index (χ4v) is 1.98. The Balaban J connectivity index is 2.35. The smallest absolute Gasteiger partial charge is 0.0352 e. The maximum atomic E-state index is 6.30. The van der Waals surface area contributed by atoms with Crippen molar-refractivity contribution in [2.75, 3.05) is 0 Å². The number of aryl methyl sites for hydroxylation is 2. The van der Waals surface area contributed by atoms with Gasteiger partial charge in [-0.3, -0.25) is 0 Å². The van der Waals surface area contributed by atoms with Crippen molar-refractivity contribution in [3.8, 4) is 0 Å². The van der Waals surface area contributed by atoms with E-state index < -0.39 is 0 Å².